The highest BCUT2D eigenvalue weighted by Crippen LogP contribution is 2.56. The van der Waals surface area contributed by atoms with Gasteiger partial charge >= 0.3 is 6.18 Å². The fourth-order valence-electron chi connectivity index (χ4n) is 5.48. The van der Waals surface area contributed by atoms with Crippen LogP contribution >= 0.6 is 11.6 Å². The lowest BCUT2D eigenvalue weighted by Gasteiger charge is -2.40. The molecule has 1 aliphatic heterocycles. The average Bonchev–Trinajstić information content (AvgIpc) is 3.10. The van der Waals surface area contributed by atoms with Crippen molar-refractivity contribution in [2.24, 2.45) is 17.8 Å². The highest BCUT2D eigenvalue weighted by molar-refractivity contribution is 7.87. The van der Waals surface area contributed by atoms with Gasteiger partial charge in [0, 0.05) is 18.1 Å². The molecule has 1 aromatic rings. The highest BCUT2D eigenvalue weighted by atomic mass is 35.5. The maximum absolute atomic E-state index is 13.4. The first kappa shape index (κ1) is 23.5. The van der Waals surface area contributed by atoms with Crippen molar-refractivity contribution in [2.75, 3.05) is 20.2 Å². The van der Waals surface area contributed by atoms with Crippen molar-refractivity contribution in [1.82, 2.24) is 8.61 Å². The molecule has 2 aliphatic carbocycles. The molecule has 0 radical (unpaired) electrons. The summed E-state index contributed by atoms with van der Waals surface area (Å²) in [5, 5.41) is 0.336. The molecule has 0 N–H and O–H groups in total. The molecule has 0 amide bonds. The average molecular weight is 493 g/mol. The van der Waals surface area contributed by atoms with Crippen molar-refractivity contribution in [3.63, 3.8) is 0 Å². The minimum atomic E-state index is -4.67. The third-order valence-corrected chi connectivity index (χ3v) is 9.28. The summed E-state index contributed by atoms with van der Waals surface area (Å²) in [7, 11) is -2.91. The first-order valence-corrected chi connectivity index (χ1v) is 12.1. The number of alkyl halides is 3. The van der Waals surface area contributed by atoms with Crippen molar-refractivity contribution in [1.29, 1.82) is 0 Å². The standard InChI is InChI=1S/C21H24ClF3N2O4S/c1-31-18-6-2-14(3-7-18)10-27-20(12-26(32(27,29)30)13-21(23,24)25)16-4-5-17(20)9-19(22)15(8-16)11-28/h2-3,6-7,9,11,15-17H,4-5,8,10,12-13H2,1H3. The Balaban J connectivity index is 1.80. The quantitative estimate of drug-likeness (QED) is 0.587. The molecule has 176 valence electrons. The van der Waals surface area contributed by atoms with Gasteiger partial charge in [-0.15, -0.1) is 0 Å². The Morgan fingerprint density at radius 1 is 1.25 bits per heavy atom. The van der Waals surface area contributed by atoms with Crippen LogP contribution in [-0.4, -0.2) is 55.2 Å². The first-order chi connectivity index (χ1) is 15.0. The number of aldehydes is 1. The summed E-state index contributed by atoms with van der Waals surface area (Å²) in [5.74, 6) is -0.659. The number of methoxy groups -OCH3 is 1. The van der Waals surface area contributed by atoms with Crippen LogP contribution in [0.3, 0.4) is 0 Å². The Morgan fingerprint density at radius 2 is 1.94 bits per heavy atom. The van der Waals surface area contributed by atoms with Crippen LogP contribution < -0.4 is 4.74 Å². The minimum absolute atomic E-state index is 0.0785. The molecule has 1 saturated carbocycles. The molecule has 4 unspecified atom stereocenters. The third kappa shape index (κ3) is 3.95. The van der Waals surface area contributed by atoms with Crippen molar-refractivity contribution >= 4 is 28.1 Å². The van der Waals surface area contributed by atoms with Gasteiger partial charge in [-0.2, -0.15) is 30.2 Å². The smallest absolute Gasteiger partial charge is 0.402 e. The van der Waals surface area contributed by atoms with Gasteiger partial charge in [0.15, 0.2) is 0 Å². The van der Waals surface area contributed by atoms with E-state index in [2.05, 4.69) is 0 Å². The zero-order valence-corrected chi connectivity index (χ0v) is 19.0. The molecule has 11 heteroatoms. The fraction of sp³-hybridized carbons (Fsp3) is 0.571. The molecular formula is C21H24ClF3N2O4S. The van der Waals surface area contributed by atoms with Gasteiger partial charge in [0.25, 0.3) is 10.2 Å². The molecular weight excluding hydrogens is 469 g/mol. The van der Waals surface area contributed by atoms with Crippen molar-refractivity contribution in [3.8, 4) is 5.75 Å². The molecule has 6 nitrogen and oxygen atoms in total. The van der Waals surface area contributed by atoms with Gasteiger partial charge in [-0.05, 0) is 48.8 Å². The van der Waals surface area contributed by atoms with Crippen LogP contribution in [0.2, 0.25) is 0 Å². The molecule has 4 atom stereocenters. The van der Waals surface area contributed by atoms with Crippen LogP contribution in [0.15, 0.2) is 35.4 Å². The SMILES string of the molecule is COc1ccc(CN2C3(CN(CC(F)(F)F)S2(=O)=O)C2C=C(Cl)C(C=O)CC3CC2)cc1. The lowest BCUT2D eigenvalue weighted by molar-refractivity contribution is -0.136. The van der Waals surface area contributed by atoms with E-state index in [9.17, 15) is 26.4 Å². The number of hydrogen-bond donors (Lipinski definition) is 0. The van der Waals surface area contributed by atoms with Gasteiger partial charge in [0.1, 0.15) is 18.6 Å². The predicted molar refractivity (Wildman–Crippen MR) is 112 cm³/mol. The summed E-state index contributed by atoms with van der Waals surface area (Å²) in [5.41, 5.74) is -0.463. The molecule has 3 aliphatic rings. The van der Waals surface area contributed by atoms with Crippen LogP contribution in [0, 0.1) is 17.8 Å². The number of nitrogens with zero attached hydrogens (tertiary/aromatic N) is 2. The molecule has 32 heavy (non-hydrogen) atoms. The topological polar surface area (TPSA) is 66.9 Å². The summed E-state index contributed by atoms with van der Waals surface area (Å²) in [4.78, 5) is 11.6. The van der Waals surface area contributed by atoms with E-state index in [0.29, 0.717) is 39.9 Å². The van der Waals surface area contributed by atoms with E-state index in [-0.39, 0.29) is 24.9 Å². The van der Waals surface area contributed by atoms with Crippen molar-refractivity contribution < 1.29 is 31.1 Å². The first-order valence-electron chi connectivity index (χ1n) is 10.3. The minimum Gasteiger partial charge on any atom is -0.497 e. The van der Waals surface area contributed by atoms with E-state index in [0.717, 1.165) is 6.29 Å². The number of allylic oxidation sites excluding steroid dienone is 1. The Labute approximate surface area is 190 Å². The zero-order valence-electron chi connectivity index (χ0n) is 17.4. The molecule has 1 spiro atoms. The molecule has 1 heterocycles. The van der Waals surface area contributed by atoms with Gasteiger partial charge in [0.05, 0.1) is 18.6 Å². The normalized spacial score (nSPS) is 32.7. The van der Waals surface area contributed by atoms with E-state index >= 15 is 0 Å². The van der Waals surface area contributed by atoms with Crippen LogP contribution in [0.4, 0.5) is 13.2 Å². The van der Waals surface area contributed by atoms with Gasteiger partial charge < -0.3 is 9.53 Å². The summed E-state index contributed by atoms with van der Waals surface area (Å²) in [6.07, 6.45) is -0.721. The van der Waals surface area contributed by atoms with E-state index < -0.39 is 34.4 Å². The van der Waals surface area contributed by atoms with Crippen LogP contribution in [0.5, 0.6) is 5.75 Å². The maximum atomic E-state index is 13.4. The molecule has 4 rings (SSSR count). The number of benzene rings is 1. The second-order valence-electron chi connectivity index (χ2n) is 8.65. The number of ether oxygens (including phenoxy) is 1. The van der Waals surface area contributed by atoms with E-state index in [1.807, 2.05) is 0 Å². The molecule has 0 aromatic heterocycles. The third-order valence-electron chi connectivity index (χ3n) is 6.93. The number of rotatable bonds is 5. The Bertz CT molecular complexity index is 1010. The fourth-order valence-corrected chi connectivity index (χ4v) is 7.82. The number of carbonyl (C=O) groups excluding carboxylic acids is 1. The number of halogens is 4. The van der Waals surface area contributed by atoms with Gasteiger partial charge in [-0.3, -0.25) is 0 Å². The van der Waals surface area contributed by atoms with Crippen LogP contribution in [0.1, 0.15) is 24.8 Å². The number of hydrogen-bond acceptors (Lipinski definition) is 4. The Hall–Kier alpha value is -1.62. The maximum Gasteiger partial charge on any atom is 0.402 e. The molecule has 1 saturated heterocycles. The van der Waals surface area contributed by atoms with Crippen molar-refractivity contribution in [2.45, 2.75) is 37.5 Å². The van der Waals surface area contributed by atoms with Crippen LogP contribution in [0.25, 0.3) is 0 Å². The molecule has 2 fully saturated rings. The van der Waals surface area contributed by atoms with Gasteiger partial charge in [-0.1, -0.05) is 29.8 Å². The number of carbonyl (C=O) groups is 1. The van der Waals surface area contributed by atoms with Crippen molar-refractivity contribution in [3.05, 3.63) is 40.9 Å². The summed E-state index contributed by atoms with van der Waals surface area (Å²) in [6, 6.07) is 6.76. The largest absolute Gasteiger partial charge is 0.497 e. The summed E-state index contributed by atoms with van der Waals surface area (Å²) < 4.78 is 73.7. The van der Waals surface area contributed by atoms with E-state index in [1.165, 1.54) is 11.4 Å². The summed E-state index contributed by atoms with van der Waals surface area (Å²) >= 11 is 6.35. The monoisotopic (exact) mass is 492 g/mol. The lowest BCUT2D eigenvalue weighted by Crippen LogP contribution is -2.53. The van der Waals surface area contributed by atoms with Gasteiger partial charge in [-0.25, -0.2) is 0 Å². The second-order valence-corrected chi connectivity index (χ2v) is 10.9. The highest BCUT2D eigenvalue weighted by Gasteiger charge is 2.65. The Morgan fingerprint density at radius 3 is 2.53 bits per heavy atom. The van der Waals surface area contributed by atoms with Crippen LogP contribution in [-0.2, 0) is 21.5 Å². The lowest BCUT2D eigenvalue weighted by atomic mass is 9.78. The zero-order chi connectivity index (χ0) is 23.3. The molecule has 2 bridgehead atoms. The predicted octanol–water partition coefficient (Wildman–Crippen LogP) is 3.73. The Kier molecular flexibility index (Phi) is 6.11. The molecule has 1 aromatic carbocycles. The van der Waals surface area contributed by atoms with E-state index in [1.54, 1.807) is 30.3 Å². The van der Waals surface area contributed by atoms with Gasteiger partial charge in [0.2, 0.25) is 0 Å². The summed E-state index contributed by atoms with van der Waals surface area (Å²) in [6.45, 7) is -1.92. The second kappa shape index (κ2) is 8.30. The van der Waals surface area contributed by atoms with E-state index in [4.69, 9.17) is 16.3 Å².